The molecule has 1 amide bonds. The number of Topliss-reactive ketones (excluding diaryl/α,β-unsaturated/α-hetero) is 1. The van der Waals surface area contributed by atoms with Crippen LogP contribution in [0.3, 0.4) is 0 Å². The molecule has 0 unspecified atom stereocenters. The van der Waals surface area contributed by atoms with Crippen LogP contribution < -0.4 is 4.74 Å². The Morgan fingerprint density at radius 2 is 1.68 bits per heavy atom. The summed E-state index contributed by atoms with van der Waals surface area (Å²) in [7, 11) is 1.56. The Morgan fingerprint density at radius 1 is 1.04 bits per heavy atom. The van der Waals surface area contributed by atoms with Crippen molar-refractivity contribution >= 4 is 23.3 Å². The van der Waals surface area contributed by atoms with Gasteiger partial charge in [-0.15, -0.1) is 0 Å². The molecule has 0 atom stereocenters. The molecule has 0 N–H and O–H groups in total. The van der Waals surface area contributed by atoms with E-state index in [0.29, 0.717) is 47.8 Å². The fourth-order valence-corrected chi connectivity index (χ4v) is 3.31. The number of benzene rings is 2. The van der Waals surface area contributed by atoms with Crippen molar-refractivity contribution in [3.8, 4) is 5.75 Å². The first-order valence-corrected chi connectivity index (χ1v) is 8.70. The molecule has 2 aromatic rings. The maximum atomic E-state index is 12.7. The highest BCUT2D eigenvalue weighted by atomic mass is 35.5. The molecule has 1 saturated heterocycles. The minimum absolute atomic E-state index is 0.0464. The molecule has 4 nitrogen and oxygen atoms in total. The number of nitrogens with zero attached hydrogens (tertiary/aromatic N) is 1. The molecular weight excluding hydrogens is 338 g/mol. The van der Waals surface area contributed by atoms with E-state index in [1.54, 1.807) is 48.4 Å². The lowest BCUT2D eigenvalue weighted by molar-refractivity contribution is 0.0647. The van der Waals surface area contributed by atoms with Gasteiger partial charge in [-0.1, -0.05) is 23.7 Å². The van der Waals surface area contributed by atoms with Crippen molar-refractivity contribution in [3.63, 3.8) is 0 Å². The zero-order valence-corrected chi connectivity index (χ0v) is 14.8. The minimum atomic E-state index is -0.0529. The summed E-state index contributed by atoms with van der Waals surface area (Å²) in [5, 5.41) is 0.619. The highest BCUT2D eigenvalue weighted by Gasteiger charge is 2.29. The summed E-state index contributed by atoms with van der Waals surface area (Å²) in [5.41, 5.74) is 1.24. The van der Waals surface area contributed by atoms with Crippen LogP contribution in [0.5, 0.6) is 5.75 Å². The Kier molecular flexibility index (Phi) is 5.39. The van der Waals surface area contributed by atoms with Gasteiger partial charge >= 0.3 is 0 Å². The Hall–Kier alpha value is -2.33. The standard InChI is InChI=1S/C20H20ClNO3/c1-25-18-5-3-2-4-17(18)20(24)22-12-10-15(11-13-22)19(23)14-6-8-16(21)9-7-14/h2-9,15H,10-13H2,1H3. The van der Waals surface area contributed by atoms with Gasteiger partial charge in [-0.05, 0) is 49.2 Å². The molecule has 0 radical (unpaired) electrons. The summed E-state index contributed by atoms with van der Waals surface area (Å²) in [4.78, 5) is 27.1. The number of carbonyl (C=O) groups excluding carboxylic acids is 2. The molecule has 0 aliphatic carbocycles. The van der Waals surface area contributed by atoms with Crippen LogP contribution in [0.4, 0.5) is 0 Å². The zero-order valence-electron chi connectivity index (χ0n) is 14.1. The highest BCUT2D eigenvalue weighted by molar-refractivity contribution is 6.30. The van der Waals surface area contributed by atoms with Crippen LogP contribution in [0, 0.1) is 5.92 Å². The van der Waals surface area contributed by atoms with Crippen molar-refractivity contribution in [3.05, 3.63) is 64.7 Å². The average Bonchev–Trinajstić information content (AvgIpc) is 2.67. The number of hydrogen-bond donors (Lipinski definition) is 0. The number of piperidine rings is 1. The van der Waals surface area contributed by atoms with Gasteiger partial charge in [-0.25, -0.2) is 0 Å². The quantitative estimate of drug-likeness (QED) is 0.774. The number of amides is 1. The lowest BCUT2D eigenvalue weighted by Gasteiger charge is -2.31. The predicted molar refractivity (Wildman–Crippen MR) is 97.4 cm³/mol. The predicted octanol–water partition coefficient (Wildman–Crippen LogP) is 4.08. The van der Waals surface area contributed by atoms with E-state index in [9.17, 15) is 9.59 Å². The van der Waals surface area contributed by atoms with Gasteiger partial charge < -0.3 is 9.64 Å². The van der Waals surface area contributed by atoms with Crippen LogP contribution in [-0.2, 0) is 0 Å². The summed E-state index contributed by atoms with van der Waals surface area (Å²) in [5.74, 6) is 0.602. The third kappa shape index (κ3) is 3.85. The van der Waals surface area contributed by atoms with Gasteiger partial charge in [0.2, 0.25) is 0 Å². The number of ether oxygens (including phenoxy) is 1. The van der Waals surface area contributed by atoms with E-state index in [4.69, 9.17) is 16.3 Å². The lowest BCUT2D eigenvalue weighted by Crippen LogP contribution is -2.40. The molecule has 0 saturated carbocycles. The summed E-state index contributed by atoms with van der Waals surface area (Å²) in [6.45, 7) is 1.14. The van der Waals surface area contributed by atoms with Gasteiger partial charge in [0, 0.05) is 29.6 Å². The molecule has 5 heteroatoms. The Morgan fingerprint density at radius 3 is 2.32 bits per heavy atom. The first-order chi connectivity index (χ1) is 12.1. The van der Waals surface area contributed by atoms with Crippen LogP contribution >= 0.6 is 11.6 Å². The number of halogens is 1. The Labute approximate surface area is 152 Å². The van der Waals surface area contributed by atoms with Gasteiger partial charge in [-0.2, -0.15) is 0 Å². The third-order valence-electron chi connectivity index (χ3n) is 4.62. The summed E-state index contributed by atoms with van der Waals surface area (Å²) < 4.78 is 5.27. The van der Waals surface area contributed by atoms with E-state index >= 15 is 0 Å². The highest BCUT2D eigenvalue weighted by Crippen LogP contribution is 2.26. The van der Waals surface area contributed by atoms with Gasteiger partial charge in [0.15, 0.2) is 5.78 Å². The first kappa shape index (κ1) is 17.5. The third-order valence-corrected chi connectivity index (χ3v) is 4.87. The molecule has 1 aliphatic heterocycles. The summed E-state index contributed by atoms with van der Waals surface area (Å²) in [6, 6.07) is 14.2. The van der Waals surface area contributed by atoms with E-state index in [2.05, 4.69) is 0 Å². The summed E-state index contributed by atoms with van der Waals surface area (Å²) in [6.07, 6.45) is 1.34. The number of methoxy groups -OCH3 is 1. The van der Waals surface area contributed by atoms with Gasteiger partial charge in [-0.3, -0.25) is 9.59 Å². The van der Waals surface area contributed by atoms with Gasteiger partial charge in [0.05, 0.1) is 12.7 Å². The van der Waals surface area contributed by atoms with Crippen molar-refractivity contribution in [2.45, 2.75) is 12.8 Å². The number of likely N-dealkylation sites (tertiary alicyclic amines) is 1. The number of hydrogen-bond acceptors (Lipinski definition) is 3. The fraction of sp³-hybridized carbons (Fsp3) is 0.300. The van der Waals surface area contributed by atoms with Crippen LogP contribution in [0.2, 0.25) is 5.02 Å². The second-order valence-electron chi connectivity index (χ2n) is 6.14. The Bertz CT molecular complexity index is 765. The van der Waals surface area contributed by atoms with E-state index < -0.39 is 0 Å². The molecule has 0 aromatic heterocycles. The summed E-state index contributed by atoms with van der Waals surface area (Å²) >= 11 is 5.87. The molecule has 130 valence electrons. The Balaban J connectivity index is 1.64. The molecule has 0 spiro atoms. The van der Waals surface area contributed by atoms with Crippen molar-refractivity contribution < 1.29 is 14.3 Å². The fourth-order valence-electron chi connectivity index (χ4n) is 3.19. The average molecular weight is 358 g/mol. The van der Waals surface area contributed by atoms with Crippen molar-refractivity contribution in [2.24, 2.45) is 5.92 Å². The van der Waals surface area contributed by atoms with E-state index in [1.807, 2.05) is 12.1 Å². The molecule has 1 aliphatic rings. The van der Waals surface area contributed by atoms with Crippen molar-refractivity contribution in [1.29, 1.82) is 0 Å². The maximum Gasteiger partial charge on any atom is 0.257 e. The molecule has 1 heterocycles. The number of ketones is 1. The van der Waals surface area contributed by atoms with E-state index in [1.165, 1.54) is 0 Å². The molecule has 25 heavy (non-hydrogen) atoms. The van der Waals surface area contributed by atoms with E-state index in [0.717, 1.165) is 0 Å². The zero-order chi connectivity index (χ0) is 17.8. The largest absolute Gasteiger partial charge is 0.496 e. The molecular formula is C20H20ClNO3. The van der Waals surface area contributed by atoms with Crippen LogP contribution in [0.15, 0.2) is 48.5 Å². The normalized spacial score (nSPS) is 15.0. The van der Waals surface area contributed by atoms with Gasteiger partial charge in [0.25, 0.3) is 5.91 Å². The molecule has 0 bridgehead atoms. The molecule has 3 rings (SSSR count). The minimum Gasteiger partial charge on any atom is -0.496 e. The monoisotopic (exact) mass is 357 g/mol. The van der Waals surface area contributed by atoms with Crippen LogP contribution in [-0.4, -0.2) is 36.8 Å². The second kappa shape index (κ2) is 7.70. The second-order valence-corrected chi connectivity index (χ2v) is 6.57. The van der Waals surface area contributed by atoms with Crippen molar-refractivity contribution in [2.75, 3.05) is 20.2 Å². The number of carbonyl (C=O) groups is 2. The van der Waals surface area contributed by atoms with Crippen LogP contribution in [0.25, 0.3) is 0 Å². The number of para-hydroxylation sites is 1. The molecule has 1 fully saturated rings. The first-order valence-electron chi connectivity index (χ1n) is 8.32. The SMILES string of the molecule is COc1ccccc1C(=O)N1CCC(C(=O)c2ccc(Cl)cc2)CC1. The van der Waals surface area contributed by atoms with E-state index in [-0.39, 0.29) is 17.6 Å². The smallest absolute Gasteiger partial charge is 0.257 e. The van der Waals surface area contributed by atoms with Crippen molar-refractivity contribution in [1.82, 2.24) is 4.90 Å². The topological polar surface area (TPSA) is 46.6 Å². The molecule has 2 aromatic carbocycles. The number of rotatable bonds is 4. The lowest BCUT2D eigenvalue weighted by atomic mass is 9.88. The maximum absolute atomic E-state index is 12.7. The van der Waals surface area contributed by atoms with Crippen LogP contribution in [0.1, 0.15) is 33.6 Å². The van der Waals surface area contributed by atoms with Gasteiger partial charge in [0.1, 0.15) is 5.75 Å².